The number of nitrogens with one attached hydrogen (secondary N) is 3. The standard InChI is InChI=1S/C18H14F2N4O2/c19-10-3-1-2-9(8-10)17-15-11(23-24-17)4-5-12(16(15)20)22-18(26)13-6-7-14(25)21-13/h1-5,8,13H,6-7H2,(H,21,25)(H,22,26)(H,23,24)/t13-/m0/s1. The second kappa shape index (κ2) is 6.21. The molecule has 0 aliphatic carbocycles. The number of benzene rings is 2. The molecule has 2 heterocycles. The molecule has 8 heteroatoms. The molecule has 2 aromatic carbocycles. The maximum absolute atomic E-state index is 15.0. The Kier molecular flexibility index (Phi) is 3.87. The number of amides is 2. The SMILES string of the molecule is O=C1CC[C@@H](C(=O)Nc2ccc3[nH]nc(-c4cccc(F)c4)c3c2F)N1. The average Bonchev–Trinajstić information content (AvgIpc) is 3.24. The first-order valence-electron chi connectivity index (χ1n) is 8.05. The van der Waals surface area contributed by atoms with Gasteiger partial charge in [-0.15, -0.1) is 0 Å². The zero-order chi connectivity index (χ0) is 18.3. The predicted octanol–water partition coefficient (Wildman–Crippen LogP) is 2.73. The predicted molar refractivity (Wildman–Crippen MR) is 91.2 cm³/mol. The molecule has 1 atom stereocenters. The number of nitrogens with zero attached hydrogens (tertiary/aromatic N) is 1. The van der Waals surface area contributed by atoms with E-state index in [0.717, 1.165) is 0 Å². The van der Waals surface area contributed by atoms with E-state index in [1.807, 2.05) is 0 Å². The third-order valence-corrected chi connectivity index (χ3v) is 4.33. The van der Waals surface area contributed by atoms with Crippen molar-refractivity contribution in [3.63, 3.8) is 0 Å². The Hall–Kier alpha value is -3.29. The van der Waals surface area contributed by atoms with E-state index in [0.29, 0.717) is 17.5 Å². The summed E-state index contributed by atoms with van der Waals surface area (Å²) in [5.41, 5.74) is 1.07. The molecule has 0 saturated carbocycles. The summed E-state index contributed by atoms with van der Waals surface area (Å²) in [6.07, 6.45) is 0.639. The maximum atomic E-state index is 15.0. The fourth-order valence-corrected chi connectivity index (χ4v) is 3.04. The van der Waals surface area contributed by atoms with Crippen molar-refractivity contribution in [2.24, 2.45) is 0 Å². The van der Waals surface area contributed by atoms with Crippen LogP contribution in [-0.4, -0.2) is 28.1 Å². The van der Waals surface area contributed by atoms with Crippen LogP contribution in [0.4, 0.5) is 14.5 Å². The van der Waals surface area contributed by atoms with E-state index in [4.69, 9.17) is 0 Å². The second-order valence-corrected chi connectivity index (χ2v) is 6.08. The van der Waals surface area contributed by atoms with Crippen LogP contribution in [0.25, 0.3) is 22.2 Å². The monoisotopic (exact) mass is 356 g/mol. The normalized spacial score (nSPS) is 16.7. The lowest BCUT2D eigenvalue weighted by molar-refractivity contribution is -0.122. The highest BCUT2D eigenvalue weighted by molar-refractivity contribution is 6.02. The first-order valence-corrected chi connectivity index (χ1v) is 8.05. The molecule has 26 heavy (non-hydrogen) atoms. The number of fused-ring (bicyclic) bond motifs is 1. The molecule has 132 valence electrons. The lowest BCUT2D eigenvalue weighted by Crippen LogP contribution is -2.37. The van der Waals surface area contributed by atoms with Gasteiger partial charge in [-0.05, 0) is 30.7 Å². The minimum atomic E-state index is -0.676. The summed E-state index contributed by atoms with van der Waals surface area (Å²) in [7, 11) is 0. The van der Waals surface area contributed by atoms with Crippen LogP contribution in [0.2, 0.25) is 0 Å². The quantitative estimate of drug-likeness (QED) is 0.674. The minimum Gasteiger partial charge on any atom is -0.344 e. The Bertz CT molecular complexity index is 1030. The number of hydrogen-bond acceptors (Lipinski definition) is 3. The van der Waals surface area contributed by atoms with Crippen molar-refractivity contribution >= 4 is 28.4 Å². The van der Waals surface area contributed by atoms with E-state index in [1.54, 1.807) is 12.1 Å². The zero-order valence-electron chi connectivity index (χ0n) is 13.5. The van der Waals surface area contributed by atoms with Crippen molar-refractivity contribution in [2.45, 2.75) is 18.9 Å². The van der Waals surface area contributed by atoms with Crippen molar-refractivity contribution < 1.29 is 18.4 Å². The van der Waals surface area contributed by atoms with Crippen LogP contribution in [0.3, 0.4) is 0 Å². The number of carbonyl (C=O) groups excluding carboxylic acids is 2. The van der Waals surface area contributed by atoms with E-state index in [-0.39, 0.29) is 29.1 Å². The molecule has 1 aliphatic heterocycles. The molecular formula is C18H14F2N4O2. The van der Waals surface area contributed by atoms with Gasteiger partial charge in [0.1, 0.15) is 17.6 Å². The van der Waals surface area contributed by atoms with Gasteiger partial charge in [-0.3, -0.25) is 14.7 Å². The van der Waals surface area contributed by atoms with Crippen LogP contribution in [0, 0.1) is 11.6 Å². The lowest BCUT2D eigenvalue weighted by atomic mass is 10.1. The number of aromatic amines is 1. The molecule has 6 nitrogen and oxygen atoms in total. The minimum absolute atomic E-state index is 0.0253. The van der Waals surface area contributed by atoms with E-state index < -0.39 is 23.6 Å². The number of H-pyrrole nitrogens is 1. The third kappa shape index (κ3) is 2.79. The molecule has 0 spiro atoms. The molecule has 0 unspecified atom stereocenters. The van der Waals surface area contributed by atoms with Gasteiger partial charge < -0.3 is 10.6 Å². The summed E-state index contributed by atoms with van der Waals surface area (Å²) in [5, 5.41) is 12.0. The molecular weight excluding hydrogens is 342 g/mol. The van der Waals surface area contributed by atoms with E-state index in [1.165, 1.54) is 24.3 Å². The fraction of sp³-hybridized carbons (Fsp3) is 0.167. The third-order valence-electron chi connectivity index (χ3n) is 4.33. The molecule has 2 amide bonds. The smallest absolute Gasteiger partial charge is 0.247 e. The van der Waals surface area contributed by atoms with Gasteiger partial charge in [0, 0.05) is 12.0 Å². The van der Waals surface area contributed by atoms with Crippen molar-refractivity contribution in [1.82, 2.24) is 15.5 Å². The molecule has 0 bridgehead atoms. The molecule has 1 aliphatic rings. The second-order valence-electron chi connectivity index (χ2n) is 6.08. The molecule has 0 radical (unpaired) electrons. The van der Waals surface area contributed by atoms with Gasteiger partial charge in [0.2, 0.25) is 11.8 Å². The number of anilines is 1. The van der Waals surface area contributed by atoms with Gasteiger partial charge in [0.15, 0.2) is 5.82 Å². The van der Waals surface area contributed by atoms with E-state index >= 15 is 4.39 Å². The van der Waals surface area contributed by atoms with Gasteiger partial charge in [-0.25, -0.2) is 8.78 Å². The molecule has 3 N–H and O–H groups in total. The Morgan fingerprint density at radius 3 is 2.81 bits per heavy atom. The maximum Gasteiger partial charge on any atom is 0.247 e. The van der Waals surface area contributed by atoms with Gasteiger partial charge >= 0.3 is 0 Å². The van der Waals surface area contributed by atoms with Crippen LogP contribution < -0.4 is 10.6 Å². The Balaban J connectivity index is 1.71. The van der Waals surface area contributed by atoms with Gasteiger partial charge in [0.05, 0.1) is 16.6 Å². The van der Waals surface area contributed by atoms with Crippen molar-refractivity contribution in [3.05, 3.63) is 48.0 Å². The fourth-order valence-electron chi connectivity index (χ4n) is 3.04. The van der Waals surface area contributed by atoms with Crippen molar-refractivity contribution in [1.29, 1.82) is 0 Å². The molecule has 1 aromatic heterocycles. The van der Waals surface area contributed by atoms with E-state index in [2.05, 4.69) is 20.8 Å². The highest BCUT2D eigenvalue weighted by Crippen LogP contribution is 2.32. The summed E-state index contributed by atoms with van der Waals surface area (Å²) >= 11 is 0. The summed E-state index contributed by atoms with van der Waals surface area (Å²) in [5.74, 6) is -1.82. The molecule has 3 aromatic rings. The van der Waals surface area contributed by atoms with E-state index in [9.17, 15) is 14.0 Å². The Labute approximate surface area is 146 Å². The first-order chi connectivity index (χ1) is 12.5. The van der Waals surface area contributed by atoms with Crippen molar-refractivity contribution in [3.8, 4) is 11.3 Å². The van der Waals surface area contributed by atoms with Crippen molar-refractivity contribution in [2.75, 3.05) is 5.32 Å². The van der Waals surface area contributed by atoms with Gasteiger partial charge in [0.25, 0.3) is 0 Å². The van der Waals surface area contributed by atoms with Crippen LogP contribution >= 0.6 is 0 Å². The van der Waals surface area contributed by atoms with Crippen LogP contribution in [-0.2, 0) is 9.59 Å². The molecule has 1 saturated heterocycles. The lowest BCUT2D eigenvalue weighted by Gasteiger charge is -2.12. The van der Waals surface area contributed by atoms with Crippen LogP contribution in [0.1, 0.15) is 12.8 Å². The number of aromatic nitrogens is 2. The molecule has 4 rings (SSSR count). The zero-order valence-corrected chi connectivity index (χ0v) is 13.5. The Morgan fingerprint density at radius 1 is 1.23 bits per heavy atom. The highest BCUT2D eigenvalue weighted by Gasteiger charge is 2.28. The molecule has 1 fully saturated rings. The number of halogens is 2. The first kappa shape index (κ1) is 16.2. The summed E-state index contributed by atoms with van der Waals surface area (Å²) in [4.78, 5) is 23.5. The topological polar surface area (TPSA) is 86.9 Å². The highest BCUT2D eigenvalue weighted by atomic mass is 19.1. The summed E-state index contributed by atoms with van der Waals surface area (Å²) in [6, 6.07) is 8.00. The average molecular weight is 356 g/mol. The van der Waals surface area contributed by atoms with Gasteiger partial charge in [-0.2, -0.15) is 5.10 Å². The summed E-state index contributed by atoms with van der Waals surface area (Å²) < 4.78 is 28.5. The van der Waals surface area contributed by atoms with Crippen LogP contribution in [0.15, 0.2) is 36.4 Å². The number of hydrogen-bond donors (Lipinski definition) is 3. The Morgan fingerprint density at radius 2 is 2.08 bits per heavy atom. The summed E-state index contributed by atoms with van der Waals surface area (Å²) in [6.45, 7) is 0. The number of carbonyl (C=O) groups is 2. The largest absolute Gasteiger partial charge is 0.344 e. The number of rotatable bonds is 3. The van der Waals surface area contributed by atoms with Gasteiger partial charge in [-0.1, -0.05) is 12.1 Å². The van der Waals surface area contributed by atoms with Crippen LogP contribution in [0.5, 0.6) is 0 Å².